The number of nitrogens with zero attached hydrogens (tertiary/aromatic N) is 2. The van der Waals surface area contributed by atoms with Crippen LogP contribution in [0.15, 0.2) is 24.4 Å². The average Bonchev–Trinajstić information content (AvgIpc) is 2.91. The normalized spacial score (nSPS) is 17.3. The number of carboxylic acids is 3. The average molecular weight is 360 g/mol. The highest BCUT2D eigenvalue weighted by Crippen LogP contribution is 2.33. The molecule has 0 saturated carbocycles. The summed E-state index contributed by atoms with van der Waals surface area (Å²) >= 11 is 0. The van der Waals surface area contributed by atoms with E-state index >= 15 is 0 Å². The van der Waals surface area contributed by atoms with Crippen molar-refractivity contribution in [1.29, 1.82) is 0 Å². The summed E-state index contributed by atoms with van der Waals surface area (Å²) in [6, 6.07) is 3.70. The van der Waals surface area contributed by atoms with Gasteiger partial charge in [0, 0.05) is 42.8 Å². The van der Waals surface area contributed by atoms with Crippen LogP contribution in [0.2, 0.25) is 0 Å². The van der Waals surface area contributed by atoms with Crippen LogP contribution in [0.3, 0.4) is 0 Å². The summed E-state index contributed by atoms with van der Waals surface area (Å²) in [4.78, 5) is 36.2. The monoisotopic (exact) mass is 360 g/mol. The third kappa shape index (κ3) is 3.15. The van der Waals surface area contributed by atoms with Crippen molar-refractivity contribution < 1.29 is 29.7 Å². The second kappa shape index (κ2) is 6.80. The molecular formula is C18H20N2O6. The summed E-state index contributed by atoms with van der Waals surface area (Å²) in [5.41, 5.74) is 1.36. The molecule has 1 unspecified atom stereocenters. The number of piperidine rings is 1. The molecule has 1 aromatic heterocycles. The van der Waals surface area contributed by atoms with Gasteiger partial charge in [-0.3, -0.25) is 14.5 Å². The van der Waals surface area contributed by atoms with E-state index in [1.54, 1.807) is 28.8 Å². The van der Waals surface area contributed by atoms with Crippen molar-refractivity contribution in [1.82, 2.24) is 9.47 Å². The van der Waals surface area contributed by atoms with E-state index in [9.17, 15) is 24.6 Å². The smallest absolute Gasteiger partial charge is 0.335 e. The third-order valence-electron chi connectivity index (χ3n) is 5.04. The Bertz CT molecular complexity index is 879. The molecule has 0 amide bonds. The van der Waals surface area contributed by atoms with Crippen LogP contribution in [-0.2, 0) is 16.6 Å². The van der Waals surface area contributed by atoms with Crippen LogP contribution in [0.4, 0.5) is 0 Å². The first-order valence-electron chi connectivity index (χ1n) is 8.31. The largest absolute Gasteiger partial charge is 0.481 e. The lowest BCUT2D eigenvalue weighted by Gasteiger charge is -2.34. The van der Waals surface area contributed by atoms with Crippen LogP contribution in [-0.4, -0.2) is 55.8 Å². The number of hydrogen-bond acceptors (Lipinski definition) is 4. The molecule has 3 rings (SSSR count). The number of benzene rings is 1. The number of aliphatic carboxylic acids is 2. The van der Waals surface area contributed by atoms with Crippen LogP contribution in [0.5, 0.6) is 0 Å². The van der Waals surface area contributed by atoms with Gasteiger partial charge in [0.1, 0.15) is 6.04 Å². The molecule has 1 aliphatic heterocycles. The number of rotatable bonds is 5. The Labute approximate surface area is 149 Å². The molecule has 8 heteroatoms. The molecule has 0 aliphatic carbocycles. The van der Waals surface area contributed by atoms with Crippen molar-refractivity contribution in [3.05, 3.63) is 35.5 Å². The van der Waals surface area contributed by atoms with Crippen molar-refractivity contribution in [2.24, 2.45) is 13.0 Å². The lowest BCUT2D eigenvalue weighted by molar-refractivity contribution is -0.146. The van der Waals surface area contributed by atoms with Gasteiger partial charge in [-0.2, -0.15) is 0 Å². The van der Waals surface area contributed by atoms with Crippen LogP contribution >= 0.6 is 0 Å². The first kappa shape index (κ1) is 17.9. The molecule has 2 heterocycles. The molecule has 0 spiro atoms. The van der Waals surface area contributed by atoms with Gasteiger partial charge in [-0.25, -0.2) is 4.79 Å². The van der Waals surface area contributed by atoms with Gasteiger partial charge in [0.2, 0.25) is 0 Å². The molecule has 3 N–H and O–H groups in total. The minimum absolute atomic E-state index is 0.0960. The molecule has 0 bridgehead atoms. The fourth-order valence-electron chi connectivity index (χ4n) is 3.66. The van der Waals surface area contributed by atoms with Crippen LogP contribution < -0.4 is 0 Å². The summed E-state index contributed by atoms with van der Waals surface area (Å²) < 4.78 is 1.77. The second-order valence-electron chi connectivity index (χ2n) is 6.62. The first-order valence-corrected chi connectivity index (χ1v) is 8.31. The standard InChI is InChI=1S/C18H20N2O6/c1-19-9-13(12-8-11(17(23)24)2-3-14(12)19)15(18(25)26)20-6-4-10(5-7-20)16(21)22/h2-3,8-10,15H,4-7H2,1H3,(H,21,22)(H,23,24)(H,25,26). The molecule has 138 valence electrons. The maximum atomic E-state index is 12.0. The fraction of sp³-hybridized carbons (Fsp3) is 0.389. The molecule has 2 aromatic rings. The van der Waals surface area contributed by atoms with E-state index in [-0.39, 0.29) is 5.56 Å². The van der Waals surface area contributed by atoms with E-state index < -0.39 is 29.9 Å². The van der Waals surface area contributed by atoms with E-state index in [2.05, 4.69) is 0 Å². The van der Waals surface area contributed by atoms with E-state index in [4.69, 9.17) is 5.11 Å². The van der Waals surface area contributed by atoms with Gasteiger partial charge in [-0.15, -0.1) is 0 Å². The number of carboxylic acid groups (broad SMARTS) is 3. The van der Waals surface area contributed by atoms with Gasteiger partial charge < -0.3 is 19.9 Å². The molecule has 1 saturated heterocycles. The van der Waals surface area contributed by atoms with Crippen LogP contribution in [0.25, 0.3) is 10.9 Å². The minimum Gasteiger partial charge on any atom is -0.481 e. The molecule has 1 aromatic carbocycles. The van der Waals surface area contributed by atoms with E-state index in [0.29, 0.717) is 36.9 Å². The van der Waals surface area contributed by atoms with Crippen molar-refractivity contribution in [3.8, 4) is 0 Å². The molecule has 0 radical (unpaired) electrons. The highest BCUT2D eigenvalue weighted by atomic mass is 16.4. The number of likely N-dealkylation sites (tertiary alicyclic amines) is 1. The molecule has 1 atom stereocenters. The predicted molar refractivity (Wildman–Crippen MR) is 92.2 cm³/mol. The Balaban J connectivity index is 2.01. The van der Waals surface area contributed by atoms with Crippen molar-refractivity contribution in [2.75, 3.05) is 13.1 Å². The van der Waals surface area contributed by atoms with Gasteiger partial charge in [0.05, 0.1) is 11.5 Å². The number of fused-ring (bicyclic) bond motifs is 1. The maximum Gasteiger partial charge on any atom is 0.335 e. The Hall–Kier alpha value is -2.87. The van der Waals surface area contributed by atoms with E-state index in [0.717, 1.165) is 5.52 Å². The molecule has 1 aliphatic rings. The molecular weight excluding hydrogens is 340 g/mol. The SMILES string of the molecule is Cn1cc(C(C(=O)O)N2CCC(C(=O)O)CC2)c2cc(C(=O)O)ccc21. The number of carbonyl (C=O) groups is 3. The zero-order valence-electron chi connectivity index (χ0n) is 14.3. The highest BCUT2D eigenvalue weighted by Gasteiger charge is 2.34. The van der Waals surface area contributed by atoms with Crippen molar-refractivity contribution in [2.45, 2.75) is 18.9 Å². The Morgan fingerprint density at radius 1 is 1.12 bits per heavy atom. The van der Waals surface area contributed by atoms with Crippen LogP contribution in [0.1, 0.15) is 34.8 Å². The van der Waals surface area contributed by atoms with Gasteiger partial charge in [0.25, 0.3) is 0 Å². The Morgan fingerprint density at radius 2 is 1.77 bits per heavy atom. The summed E-state index contributed by atoms with van der Waals surface area (Å²) in [6.07, 6.45) is 2.49. The number of aromatic carboxylic acids is 1. The van der Waals surface area contributed by atoms with E-state index in [1.165, 1.54) is 12.1 Å². The highest BCUT2D eigenvalue weighted by molar-refractivity contribution is 5.96. The second-order valence-corrected chi connectivity index (χ2v) is 6.62. The zero-order valence-corrected chi connectivity index (χ0v) is 14.3. The molecule has 26 heavy (non-hydrogen) atoms. The Morgan fingerprint density at radius 3 is 2.31 bits per heavy atom. The minimum atomic E-state index is -1.07. The summed E-state index contributed by atoms with van der Waals surface area (Å²) in [5, 5.41) is 28.8. The van der Waals surface area contributed by atoms with Gasteiger partial charge in [-0.05, 0) is 31.0 Å². The number of hydrogen-bond donors (Lipinski definition) is 3. The lowest BCUT2D eigenvalue weighted by atomic mass is 9.94. The van der Waals surface area contributed by atoms with Gasteiger partial charge in [0.15, 0.2) is 0 Å². The van der Waals surface area contributed by atoms with Crippen LogP contribution in [0, 0.1) is 5.92 Å². The third-order valence-corrected chi connectivity index (χ3v) is 5.04. The predicted octanol–water partition coefficient (Wildman–Crippen LogP) is 1.80. The molecule has 1 fully saturated rings. The maximum absolute atomic E-state index is 12.0. The topological polar surface area (TPSA) is 120 Å². The summed E-state index contributed by atoms with van der Waals surface area (Å²) in [7, 11) is 1.78. The fourth-order valence-corrected chi connectivity index (χ4v) is 3.66. The Kier molecular flexibility index (Phi) is 4.69. The van der Waals surface area contributed by atoms with E-state index in [1.807, 2.05) is 0 Å². The summed E-state index contributed by atoms with van der Waals surface area (Å²) in [6.45, 7) is 0.728. The van der Waals surface area contributed by atoms with Gasteiger partial charge in [-0.1, -0.05) is 0 Å². The first-order chi connectivity index (χ1) is 12.3. The lowest BCUT2D eigenvalue weighted by Crippen LogP contribution is -2.41. The van der Waals surface area contributed by atoms with Crippen molar-refractivity contribution in [3.63, 3.8) is 0 Å². The van der Waals surface area contributed by atoms with Gasteiger partial charge >= 0.3 is 17.9 Å². The van der Waals surface area contributed by atoms with Crippen molar-refractivity contribution >= 4 is 28.8 Å². The quantitative estimate of drug-likeness (QED) is 0.743. The number of aromatic nitrogens is 1. The zero-order chi connectivity index (χ0) is 19.0. The summed E-state index contributed by atoms with van der Waals surface area (Å²) in [5.74, 6) is -3.41. The number of aryl methyl sites for hydroxylation is 1. The molecule has 8 nitrogen and oxygen atoms in total.